The maximum atomic E-state index is 11.8. The number of urea groups is 1. The van der Waals surface area contributed by atoms with Crippen molar-refractivity contribution in [3.05, 3.63) is 12.1 Å². The molecule has 1 aromatic heterocycles. The first-order valence-electron chi connectivity index (χ1n) is 7.40. The fraction of sp³-hybridized carbons (Fsp3) is 0.400. The molecule has 3 N–H and O–H groups in total. The molecule has 0 radical (unpaired) electrons. The normalized spacial score (nSPS) is 10.4. The molecule has 0 saturated carbocycles. The van der Waals surface area contributed by atoms with Crippen molar-refractivity contribution in [2.75, 3.05) is 24.3 Å². The lowest BCUT2D eigenvalue weighted by molar-refractivity contribution is -0.115. The number of fused-ring (bicyclic) bond motifs is 1. The van der Waals surface area contributed by atoms with E-state index in [-0.39, 0.29) is 11.9 Å². The minimum Gasteiger partial charge on any atom is -0.494 e. The third-order valence-corrected chi connectivity index (χ3v) is 3.96. The number of thiazole rings is 1. The van der Waals surface area contributed by atoms with E-state index in [4.69, 9.17) is 4.74 Å². The van der Waals surface area contributed by atoms with Gasteiger partial charge in [-0.25, -0.2) is 9.78 Å². The number of hydrogen-bond donors (Lipinski definition) is 3. The molecule has 2 aromatic rings. The standard InChI is InChI=1S/C15H20N4O3S/c1-4-6-16-14(21)17-9-7-10(22-3)13-11(8-9)23-15(19-13)18-12(20)5-2/h7-8H,4-6H2,1-3H3,(H2,16,17,21)(H,18,19,20). The number of aromatic nitrogens is 1. The Morgan fingerprint density at radius 3 is 2.70 bits per heavy atom. The zero-order chi connectivity index (χ0) is 16.8. The molecule has 124 valence electrons. The molecule has 0 aliphatic heterocycles. The van der Waals surface area contributed by atoms with Crippen molar-refractivity contribution in [2.24, 2.45) is 0 Å². The van der Waals surface area contributed by atoms with Crippen LogP contribution in [0.25, 0.3) is 10.2 Å². The van der Waals surface area contributed by atoms with Crippen molar-refractivity contribution >= 4 is 44.3 Å². The molecule has 0 saturated heterocycles. The summed E-state index contributed by atoms with van der Waals surface area (Å²) in [7, 11) is 1.54. The molecule has 1 aromatic carbocycles. The molecule has 0 spiro atoms. The van der Waals surface area contributed by atoms with Crippen LogP contribution >= 0.6 is 11.3 Å². The minimum absolute atomic E-state index is 0.0969. The average Bonchev–Trinajstić information content (AvgIpc) is 2.94. The van der Waals surface area contributed by atoms with Crippen molar-refractivity contribution in [3.8, 4) is 5.75 Å². The molecule has 3 amide bonds. The van der Waals surface area contributed by atoms with E-state index in [1.165, 1.54) is 11.3 Å². The topological polar surface area (TPSA) is 92.3 Å². The number of ether oxygens (including phenoxy) is 1. The molecule has 0 fully saturated rings. The predicted octanol–water partition coefficient (Wildman–Crippen LogP) is 3.18. The van der Waals surface area contributed by atoms with Crippen LogP contribution in [0.2, 0.25) is 0 Å². The van der Waals surface area contributed by atoms with Gasteiger partial charge in [-0.05, 0) is 12.5 Å². The van der Waals surface area contributed by atoms with Crippen molar-refractivity contribution in [1.82, 2.24) is 10.3 Å². The predicted molar refractivity (Wildman–Crippen MR) is 92.4 cm³/mol. The molecule has 8 heteroatoms. The quantitative estimate of drug-likeness (QED) is 0.755. The smallest absolute Gasteiger partial charge is 0.319 e. The molecule has 0 aliphatic carbocycles. The van der Waals surface area contributed by atoms with Gasteiger partial charge >= 0.3 is 6.03 Å². The van der Waals surface area contributed by atoms with Crippen LogP contribution in [0.4, 0.5) is 15.6 Å². The molecular formula is C15H20N4O3S. The van der Waals surface area contributed by atoms with Crippen molar-refractivity contribution < 1.29 is 14.3 Å². The lowest BCUT2D eigenvalue weighted by Gasteiger charge is -2.08. The summed E-state index contributed by atoms with van der Waals surface area (Å²) in [5, 5.41) is 8.76. The second-order valence-electron chi connectivity index (χ2n) is 4.83. The molecule has 1 heterocycles. The maximum Gasteiger partial charge on any atom is 0.319 e. The number of anilines is 2. The number of carbonyl (C=O) groups excluding carboxylic acids is 2. The number of amides is 3. The van der Waals surface area contributed by atoms with Crippen LogP contribution in [0.1, 0.15) is 26.7 Å². The van der Waals surface area contributed by atoms with E-state index >= 15 is 0 Å². The first kappa shape index (κ1) is 17.0. The van der Waals surface area contributed by atoms with E-state index < -0.39 is 0 Å². The molecule has 0 atom stereocenters. The Balaban J connectivity index is 2.27. The fourth-order valence-corrected chi connectivity index (χ4v) is 2.84. The van der Waals surface area contributed by atoms with Gasteiger partial charge in [-0.15, -0.1) is 0 Å². The zero-order valence-corrected chi connectivity index (χ0v) is 14.2. The van der Waals surface area contributed by atoms with E-state index in [0.29, 0.717) is 35.1 Å². The van der Waals surface area contributed by atoms with Crippen LogP contribution in [0.3, 0.4) is 0 Å². The van der Waals surface area contributed by atoms with Crippen LogP contribution in [-0.4, -0.2) is 30.6 Å². The van der Waals surface area contributed by atoms with Crippen molar-refractivity contribution in [3.63, 3.8) is 0 Å². The Bertz CT molecular complexity index is 714. The Morgan fingerprint density at radius 1 is 1.26 bits per heavy atom. The highest BCUT2D eigenvalue weighted by molar-refractivity contribution is 7.22. The Labute approximate surface area is 138 Å². The van der Waals surface area contributed by atoms with Gasteiger partial charge in [0.2, 0.25) is 5.91 Å². The zero-order valence-electron chi connectivity index (χ0n) is 13.4. The average molecular weight is 336 g/mol. The summed E-state index contributed by atoms with van der Waals surface area (Å²) >= 11 is 1.33. The second-order valence-corrected chi connectivity index (χ2v) is 5.86. The number of rotatable bonds is 6. The van der Waals surface area contributed by atoms with E-state index in [0.717, 1.165) is 11.1 Å². The van der Waals surface area contributed by atoms with Gasteiger partial charge in [-0.2, -0.15) is 0 Å². The number of nitrogens with one attached hydrogen (secondary N) is 3. The third-order valence-electron chi connectivity index (χ3n) is 3.04. The van der Waals surface area contributed by atoms with Crippen LogP contribution in [0, 0.1) is 0 Å². The summed E-state index contributed by atoms with van der Waals surface area (Å²) in [5.41, 5.74) is 1.27. The SMILES string of the molecule is CCCNC(=O)Nc1cc(OC)c2nc(NC(=O)CC)sc2c1. The number of nitrogens with zero attached hydrogens (tertiary/aromatic N) is 1. The second kappa shape index (κ2) is 7.77. The van der Waals surface area contributed by atoms with E-state index in [9.17, 15) is 9.59 Å². The van der Waals surface area contributed by atoms with Crippen LogP contribution < -0.4 is 20.7 Å². The number of methoxy groups -OCH3 is 1. The summed E-state index contributed by atoms with van der Waals surface area (Å²) in [5.74, 6) is 0.446. The molecular weight excluding hydrogens is 316 g/mol. The summed E-state index contributed by atoms with van der Waals surface area (Å²) in [6.07, 6.45) is 1.25. The Kier molecular flexibility index (Phi) is 5.75. The molecule has 0 bridgehead atoms. The van der Waals surface area contributed by atoms with Gasteiger partial charge in [0.15, 0.2) is 5.13 Å². The molecule has 23 heavy (non-hydrogen) atoms. The maximum absolute atomic E-state index is 11.8. The Hall–Kier alpha value is -2.35. The van der Waals surface area contributed by atoms with Gasteiger partial charge in [-0.1, -0.05) is 25.2 Å². The number of hydrogen-bond acceptors (Lipinski definition) is 5. The van der Waals surface area contributed by atoms with Gasteiger partial charge in [0.05, 0.1) is 11.8 Å². The highest BCUT2D eigenvalue weighted by Gasteiger charge is 2.13. The van der Waals surface area contributed by atoms with Gasteiger partial charge in [0, 0.05) is 24.7 Å². The van der Waals surface area contributed by atoms with Crippen molar-refractivity contribution in [1.29, 1.82) is 0 Å². The van der Waals surface area contributed by atoms with Crippen LogP contribution in [0.5, 0.6) is 5.75 Å². The highest BCUT2D eigenvalue weighted by Crippen LogP contribution is 2.35. The summed E-state index contributed by atoms with van der Waals surface area (Å²) < 4.78 is 6.16. The molecule has 0 unspecified atom stereocenters. The van der Waals surface area contributed by atoms with E-state index in [1.807, 2.05) is 13.0 Å². The first-order valence-corrected chi connectivity index (χ1v) is 8.22. The van der Waals surface area contributed by atoms with Crippen LogP contribution in [-0.2, 0) is 4.79 Å². The summed E-state index contributed by atoms with van der Waals surface area (Å²) in [6.45, 7) is 4.37. The largest absolute Gasteiger partial charge is 0.494 e. The van der Waals surface area contributed by atoms with Gasteiger partial charge in [-0.3, -0.25) is 4.79 Å². The van der Waals surface area contributed by atoms with Gasteiger partial charge in [0.25, 0.3) is 0 Å². The molecule has 2 rings (SSSR count). The van der Waals surface area contributed by atoms with Gasteiger partial charge < -0.3 is 20.7 Å². The third kappa shape index (κ3) is 4.32. The van der Waals surface area contributed by atoms with E-state index in [2.05, 4.69) is 20.9 Å². The minimum atomic E-state index is -0.266. The van der Waals surface area contributed by atoms with Crippen molar-refractivity contribution in [2.45, 2.75) is 26.7 Å². The highest BCUT2D eigenvalue weighted by atomic mass is 32.1. The first-order chi connectivity index (χ1) is 11.1. The number of carbonyl (C=O) groups is 2. The number of benzene rings is 1. The fourth-order valence-electron chi connectivity index (χ4n) is 1.90. The summed E-state index contributed by atoms with van der Waals surface area (Å²) in [4.78, 5) is 27.6. The lowest BCUT2D eigenvalue weighted by Crippen LogP contribution is -2.29. The lowest BCUT2D eigenvalue weighted by atomic mass is 10.2. The van der Waals surface area contributed by atoms with E-state index in [1.54, 1.807) is 20.1 Å². The Morgan fingerprint density at radius 2 is 2.04 bits per heavy atom. The monoisotopic (exact) mass is 336 g/mol. The van der Waals surface area contributed by atoms with Gasteiger partial charge in [0.1, 0.15) is 11.3 Å². The molecule has 7 nitrogen and oxygen atoms in total. The summed E-state index contributed by atoms with van der Waals surface area (Å²) in [6, 6.07) is 3.25. The van der Waals surface area contributed by atoms with Crippen LogP contribution in [0.15, 0.2) is 12.1 Å². The molecule has 0 aliphatic rings.